The van der Waals surface area contributed by atoms with E-state index >= 15 is 0 Å². The highest BCUT2D eigenvalue weighted by atomic mass is 15.1. The van der Waals surface area contributed by atoms with E-state index in [0.29, 0.717) is 11.4 Å². The van der Waals surface area contributed by atoms with Gasteiger partial charge in [-0.2, -0.15) is 10.4 Å². The van der Waals surface area contributed by atoms with Crippen LogP contribution < -0.4 is 6.15 Å². The Morgan fingerprint density at radius 2 is 1.96 bits per heavy atom. The maximum Gasteiger partial charge on any atom is 0.158 e. The van der Waals surface area contributed by atoms with Gasteiger partial charge in [0, 0.05) is 26.5 Å². The minimum absolute atomic E-state index is 0. The number of nitrogens with zero attached hydrogens (tertiary/aromatic N) is 6. The second-order valence-electron chi connectivity index (χ2n) is 4.48. The largest absolute Gasteiger partial charge is 0.344 e. The third-order valence-electron chi connectivity index (χ3n) is 2.72. The van der Waals surface area contributed by atoms with E-state index in [1.54, 1.807) is 31.7 Å². The first kappa shape index (κ1) is 22.5. The molecule has 0 atom stereocenters. The zero-order chi connectivity index (χ0) is 18.5. The number of pyridine rings is 1. The summed E-state index contributed by atoms with van der Waals surface area (Å²) in [6.07, 6.45) is 9.44. The number of H-pyrrole nitrogens is 1. The first-order valence-electron chi connectivity index (χ1n) is 7.61. The minimum Gasteiger partial charge on any atom is -0.344 e. The summed E-state index contributed by atoms with van der Waals surface area (Å²) in [4.78, 5) is 16.2. The summed E-state index contributed by atoms with van der Waals surface area (Å²) in [5.74, 6) is 0. The van der Waals surface area contributed by atoms with E-state index in [2.05, 4.69) is 30.1 Å². The van der Waals surface area contributed by atoms with Gasteiger partial charge in [-0.1, -0.05) is 0 Å². The predicted octanol–water partition coefficient (Wildman–Crippen LogP) is 3.69. The Kier molecular flexibility index (Phi) is 11.1. The van der Waals surface area contributed by atoms with Crippen LogP contribution in [0.5, 0.6) is 0 Å². The lowest BCUT2D eigenvalue weighted by atomic mass is 10.2. The quantitative estimate of drug-likeness (QED) is 0.592. The molecule has 0 aliphatic heterocycles. The minimum atomic E-state index is 0. The molecule has 0 fully saturated rings. The van der Waals surface area contributed by atoms with E-state index in [-0.39, 0.29) is 9.00 Å². The Morgan fingerprint density at radius 1 is 1.23 bits per heavy atom. The zero-order valence-electron chi connectivity index (χ0n) is 15.1. The van der Waals surface area contributed by atoms with Crippen LogP contribution in [0.15, 0.2) is 35.8 Å². The lowest BCUT2D eigenvalue weighted by Gasteiger charge is -1.99. The van der Waals surface area contributed by atoms with Gasteiger partial charge in [0.25, 0.3) is 0 Å². The molecule has 0 spiro atoms. The van der Waals surface area contributed by atoms with Crippen molar-refractivity contribution in [3.8, 4) is 17.3 Å². The van der Waals surface area contributed by atoms with E-state index in [1.165, 1.54) is 12.4 Å². The molecule has 0 aliphatic carbocycles. The fourth-order valence-electron chi connectivity index (χ4n) is 1.69. The number of aromatic nitrogens is 5. The molecule has 0 saturated heterocycles. The van der Waals surface area contributed by atoms with Crippen LogP contribution in [0.1, 0.15) is 29.3 Å². The Balaban J connectivity index is -0.000000495. The highest BCUT2D eigenvalue weighted by Gasteiger charge is 2.04. The van der Waals surface area contributed by atoms with Gasteiger partial charge in [0.05, 0.1) is 24.3 Å². The molecule has 3 rings (SSSR count). The molecule has 0 unspecified atom stereocenters. The maximum absolute atomic E-state index is 8.64. The molecule has 0 amide bonds. The third-order valence-corrected chi connectivity index (χ3v) is 2.72. The number of aliphatic imine (C=N–C) groups is 1. The zero-order valence-corrected chi connectivity index (χ0v) is 15.1. The van der Waals surface area contributed by atoms with E-state index in [0.717, 1.165) is 23.1 Å². The number of hydrogen-bond acceptors (Lipinski definition) is 8. The molecule has 0 aromatic carbocycles. The predicted molar refractivity (Wildman–Crippen MR) is 108 cm³/mol. The average Bonchev–Trinajstić information content (AvgIpc) is 3.11. The second-order valence-corrected chi connectivity index (χ2v) is 4.48. The molecule has 9 heteroatoms. The molecule has 0 saturated carbocycles. The van der Waals surface area contributed by atoms with E-state index < -0.39 is 0 Å². The summed E-state index contributed by atoms with van der Waals surface area (Å²) in [5, 5.41) is 22.3. The lowest BCUT2D eigenvalue weighted by Crippen LogP contribution is -1.89. The molecular weight excluding hydrogens is 330 g/mol. The third kappa shape index (κ3) is 6.94. The van der Waals surface area contributed by atoms with Crippen molar-refractivity contribution in [2.24, 2.45) is 4.99 Å². The summed E-state index contributed by atoms with van der Waals surface area (Å²) >= 11 is 0. The molecule has 26 heavy (non-hydrogen) atoms. The van der Waals surface area contributed by atoms with Gasteiger partial charge in [-0.05, 0) is 39.3 Å². The van der Waals surface area contributed by atoms with Crippen LogP contribution in [0.2, 0.25) is 0 Å². The van der Waals surface area contributed by atoms with Gasteiger partial charge in [0.2, 0.25) is 0 Å². The van der Waals surface area contributed by atoms with Crippen LogP contribution in [0, 0.1) is 16.7 Å². The number of aromatic amines is 1. The SMILES string of the molecule is CC=N.CC=NCC.N.N#Cc1cnc(-c2cnc3[nH]ncc3c2)cn1.[HH].[HH]. The van der Waals surface area contributed by atoms with Gasteiger partial charge in [-0.25, -0.2) is 9.97 Å². The standard InChI is InChI=1S/C11H6N6.C4H9N.C2H5N.H3N.2H2/c12-2-9-5-14-10(6-13-9)7-1-8-4-16-17-11(8)15-3-7;1-3-5-4-2;1-2-3;;;/h1,3-6H,(H,15,16,17);3H,4H2,1-2H3;2-3H,1H3;1H3;2*1H. The van der Waals surface area contributed by atoms with Gasteiger partial charge in [-0.15, -0.1) is 0 Å². The molecule has 9 nitrogen and oxygen atoms in total. The molecule has 3 heterocycles. The molecular formula is C17H27N9. The van der Waals surface area contributed by atoms with Crippen LogP contribution in [0.25, 0.3) is 22.3 Å². The number of nitriles is 1. The first-order valence-corrected chi connectivity index (χ1v) is 7.61. The molecule has 0 bridgehead atoms. The van der Waals surface area contributed by atoms with Gasteiger partial charge < -0.3 is 11.6 Å². The van der Waals surface area contributed by atoms with Crippen molar-refractivity contribution in [1.82, 2.24) is 31.3 Å². The van der Waals surface area contributed by atoms with E-state index in [4.69, 9.17) is 10.7 Å². The summed E-state index contributed by atoms with van der Waals surface area (Å²) in [6, 6.07) is 3.85. The summed E-state index contributed by atoms with van der Waals surface area (Å²) < 4.78 is 0. The number of fused-ring (bicyclic) bond motifs is 1. The molecule has 140 valence electrons. The number of rotatable bonds is 2. The summed E-state index contributed by atoms with van der Waals surface area (Å²) in [7, 11) is 0. The fraction of sp³-hybridized carbons (Fsp3) is 0.235. The Morgan fingerprint density at radius 3 is 2.46 bits per heavy atom. The van der Waals surface area contributed by atoms with Crippen molar-refractivity contribution >= 4 is 23.5 Å². The Hall–Kier alpha value is -3.51. The Labute approximate surface area is 155 Å². The Bertz CT molecular complexity index is 855. The van der Waals surface area contributed by atoms with Crippen LogP contribution in [-0.4, -0.2) is 44.1 Å². The molecule has 3 aromatic rings. The van der Waals surface area contributed by atoms with Crippen molar-refractivity contribution < 1.29 is 2.85 Å². The highest BCUT2D eigenvalue weighted by Crippen LogP contribution is 2.18. The molecule has 0 radical (unpaired) electrons. The van der Waals surface area contributed by atoms with Crippen LogP contribution in [0.3, 0.4) is 0 Å². The summed E-state index contributed by atoms with van der Waals surface area (Å²) in [5.41, 5.74) is 2.55. The van der Waals surface area contributed by atoms with Gasteiger partial charge in [0.1, 0.15) is 6.07 Å². The van der Waals surface area contributed by atoms with Crippen molar-refractivity contribution in [2.75, 3.05) is 6.54 Å². The first-order chi connectivity index (χ1) is 12.2. The second kappa shape index (κ2) is 12.9. The monoisotopic (exact) mass is 357 g/mol. The van der Waals surface area contributed by atoms with E-state index in [1.807, 2.05) is 26.0 Å². The van der Waals surface area contributed by atoms with Crippen LogP contribution in [-0.2, 0) is 0 Å². The van der Waals surface area contributed by atoms with Crippen molar-refractivity contribution in [2.45, 2.75) is 20.8 Å². The van der Waals surface area contributed by atoms with Gasteiger partial charge >= 0.3 is 0 Å². The molecule has 0 aliphatic rings. The molecule has 3 aromatic heterocycles. The van der Waals surface area contributed by atoms with Crippen molar-refractivity contribution in [3.05, 3.63) is 36.5 Å². The topological polar surface area (TPSA) is 162 Å². The van der Waals surface area contributed by atoms with E-state index in [9.17, 15) is 0 Å². The smallest absolute Gasteiger partial charge is 0.158 e. The van der Waals surface area contributed by atoms with Crippen LogP contribution >= 0.6 is 0 Å². The van der Waals surface area contributed by atoms with Crippen molar-refractivity contribution in [1.29, 1.82) is 10.7 Å². The maximum atomic E-state index is 8.64. The lowest BCUT2D eigenvalue weighted by molar-refractivity contribution is 1.10. The summed E-state index contributed by atoms with van der Waals surface area (Å²) in [6.45, 7) is 6.51. The molecule has 5 N–H and O–H groups in total. The van der Waals surface area contributed by atoms with Gasteiger partial charge in [-0.3, -0.25) is 15.1 Å². The van der Waals surface area contributed by atoms with Gasteiger partial charge in [0.15, 0.2) is 11.3 Å². The number of nitrogens with one attached hydrogen (secondary N) is 2. The normalized spacial score (nSPS) is 9.15. The average molecular weight is 357 g/mol. The van der Waals surface area contributed by atoms with Crippen LogP contribution in [0.4, 0.5) is 0 Å². The fourth-order valence-corrected chi connectivity index (χ4v) is 1.69. The number of hydrogen-bond donors (Lipinski definition) is 3. The highest BCUT2D eigenvalue weighted by molar-refractivity contribution is 5.79. The van der Waals surface area contributed by atoms with Crippen molar-refractivity contribution in [3.63, 3.8) is 0 Å².